The normalized spacial score (nSPS) is 13.7. The molecule has 0 aromatic carbocycles. The monoisotopic (exact) mass is 771 g/mol. The summed E-state index contributed by atoms with van der Waals surface area (Å²) in [6.07, 6.45) is 46.8. The topological polar surface area (TPSA) is 99.1 Å². The van der Waals surface area contributed by atoms with Crippen LogP contribution in [0.3, 0.4) is 0 Å². The van der Waals surface area contributed by atoms with Crippen LogP contribution in [0, 0.1) is 0 Å². The first kappa shape index (κ1) is 51.8. The lowest BCUT2D eigenvalue weighted by molar-refractivity contribution is -0.887. The lowest BCUT2D eigenvalue weighted by Crippen LogP contribution is -2.50. The molecule has 0 aromatic heterocycles. The van der Waals surface area contributed by atoms with Crippen LogP contribution in [-0.4, -0.2) is 80.6 Å². The molecule has 2 unspecified atom stereocenters. The summed E-state index contributed by atoms with van der Waals surface area (Å²) in [6, 6.07) is -0.622. The van der Waals surface area contributed by atoms with Crippen molar-refractivity contribution in [2.45, 2.75) is 167 Å². The second-order valence-corrected chi connectivity index (χ2v) is 15.2. The minimum absolute atomic E-state index is 0.0449. The van der Waals surface area contributed by atoms with Crippen molar-refractivity contribution >= 4 is 17.9 Å². The Morgan fingerprint density at radius 1 is 0.545 bits per heavy atom. The summed E-state index contributed by atoms with van der Waals surface area (Å²) in [4.78, 5) is 36.8. The fourth-order valence-electron chi connectivity index (χ4n) is 5.82. The van der Waals surface area contributed by atoms with Crippen molar-refractivity contribution < 1.29 is 38.2 Å². The van der Waals surface area contributed by atoms with E-state index in [0.29, 0.717) is 19.3 Å². The van der Waals surface area contributed by atoms with Gasteiger partial charge in [-0.25, -0.2) is 4.79 Å². The number of esters is 2. The van der Waals surface area contributed by atoms with Gasteiger partial charge in [0, 0.05) is 19.3 Å². The van der Waals surface area contributed by atoms with Gasteiger partial charge in [-0.05, 0) is 77.0 Å². The van der Waals surface area contributed by atoms with Crippen LogP contribution < -0.4 is 0 Å². The highest BCUT2D eigenvalue weighted by Crippen LogP contribution is 2.14. The standard InChI is InChI=1S/C47H79NO7/c1-6-8-10-12-14-16-17-18-19-20-21-22-23-24-25-26-27-28-30-32-34-36-38-46(50)55-43(41-53-40-39-44(47(51)52)48(3,4)5)42-54-45(49)37-35-33-31-29-15-13-11-9-7-2/h8-11,14-16,18-19,21-22,29,43-44H,6-7,12-13,17,20,23-28,30-42H2,1-5H3/p+1/b10-8+,11-9+,16-14+,19-18+,22-21+,29-15+. The average Bonchev–Trinajstić information content (AvgIpc) is 3.14. The Balaban J connectivity index is 4.29. The number of quaternary nitrogens is 1. The van der Waals surface area contributed by atoms with E-state index < -0.39 is 18.1 Å². The van der Waals surface area contributed by atoms with Gasteiger partial charge in [-0.15, -0.1) is 0 Å². The third kappa shape index (κ3) is 36.2. The molecule has 0 saturated carbocycles. The summed E-state index contributed by atoms with van der Waals surface area (Å²) in [5, 5.41) is 9.60. The van der Waals surface area contributed by atoms with E-state index >= 15 is 0 Å². The molecule has 0 aromatic rings. The smallest absolute Gasteiger partial charge is 0.362 e. The van der Waals surface area contributed by atoms with Gasteiger partial charge in [0.1, 0.15) is 6.61 Å². The molecule has 0 saturated heterocycles. The number of allylic oxidation sites excluding steroid dienone is 12. The van der Waals surface area contributed by atoms with E-state index in [9.17, 15) is 19.5 Å². The molecule has 0 rings (SSSR count). The third-order valence-corrected chi connectivity index (χ3v) is 9.10. The molecule has 0 aliphatic rings. The van der Waals surface area contributed by atoms with Crippen molar-refractivity contribution in [1.82, 2.24) is 0 Å². The maximum atomic E-state index is 12.7. The maximum Gasteiger partial charge on any atom is 0.362 e. The van der Waals surface area contributed by atoms with Gasteiger partial charge < -0.3 is 23.8 Å². The maximum absolute atomic E-state index is 12.7. The Bertz CT molecular complexity index is 1130. The van der Waals surface area contributed by atoms with E-state index in [1.54, 1.807) is 0 Å². The number of carboxylic acid groups (broad SMARTS) is 1. The van der Waals surface area contributed by atoms with E-state index in [2.05, 4.69) is 86.8 Å². The first-order chi connectivity index (χ1) is 26.6. The van der Waals surface area contributed by atoms with Gasteiger partial charge >= 0.3 is 17.9 Å². The number of nitrogens with zero attached hydrogens (tertiary/aromatic N) is 1. The number of hydrogen-bond acceptors (Lipinski definition) is 6. The summed E-state index contributed by atoms with van der Waals surface area (Å²) >= 11 is 0. The number of unbranched alkanes of at least 4 members (excludes halogenated alkanes) is 11. The van der Waals surface area contributed by atoms with Crippen molar-refractivity contribution in [2.75, 3.05) is 41.0 Å². The van der Waals surface area contributed by atoms with Crippen molar-refractivity contribution in [3.63, 3.8) is 0 Å². The summed E-state index contributed by atoms with van der Waals surface area (Å²) in [5.41, 5.74) is 0. The Labute approximate surface area is 336 Å². The van der Waals surface area contributed by atoms with Gasteiger partial charge in [-0.2, -0.15) is 0 Å². The number of aliphatic carboxylic acids is 1. The van der Waals surface area contributed by atoms with E-state index in [1.165, 1.54) is 38.5 Å². The highest BCUT2D eigenvalue weighted by atomic mass is 16.6. The van der Waals surface area contributed by atoms with Crippen molar-refractivity contribution in [1.29, 1.82) is 0 Å². The third-order valence-electron chi connectivity index (χ3n) is 9.10. The Kier molecular flexibility index (Phi) is 35.5. The van der Waals surface area contributed by atoms with Crippen LogP contribution in [0.15, 0.2) is 72.9 Å². The van der Waals surface area contributed by atoms with Crippen LogP contribution in [0.4, 0.5) is 0 Å². The van der Waals surface area contributed by atoms with E-state index in [4.69, 9.17) is 14.2 Å². The lowest BCUT2D eigenvalue weighted by atomic mass is 10.1. The minimum atomic E-state index is -0.884. The summed E-state index contributed by atoms with van der Waals surface area (Å²) in [7, 11) is 5.50. The Morgan fingerprint density at radius 3 is 1.45 bits per heavy atom. The van der Waals surface area contributed by atoms with Crippen LogP contribution in [0.1, 0.15) is 155 Å². The number of hydrogen-bond donors (Lipinski definition) is 1. The van der Waals surface area contributed by atoms with Crippen LogP contribution in [-0.2, 0) is 28.6 Å². The van der Waals surface area contributed by atoms with Crippen molar-refractivity contribution in [3.8, 4) is 0 Å². The van der Waals surface area contributed by atoms with Crippen LogP contribution >= 0.6 is 0 Å². The van der Waals surface area contributed by atoms with E-state index in [0.717, 1.165) is 83.5 Å². The largest absolute Gasteiger partial charge is 0.477 e. The molecule has 314 valence electrons. The fourth-order valence-corrected chi connectivity index (χ4v) is 5.82. The molecule has 2 atom stereocenters. The first-order valence-electron chi connectivity index (χ1n) is 21.5. The molecule has 0 fully saturated rings. The predicted molar refractivity (Wildman–Crippen MR) is 229 cm³/mol. The molecule has 0 bridgehead atoms. The highest BCUT2D eigenvalue weighted by Gasteiger charge is 2.31. The molecule has 0 heterocycles. The van der Waals surface area contributed by atoms with Crippen LogP contribution in [0.5, 0.6) is 0 Å². The fraction of sp³-hybridized carbons (Fsp3) is 0.681. The molecule has 55 heavy (non-hydrogen) atoms. The van der Waals surface area contributed by atoms with Gasteiger partial charge in [-0.3, -0.25) is 9.59 Å². The molecule has 8 nitrogen and oxygen atoms in total. The number of carbonyl (C=O) groups is 3. The van der Waals surface area contributed by atoms with Gasteiger partial charge in [0.25, 0.3) is 0 Å². The van der Waals surface area contributed by atoms with Crippen molar-refractivity contribution in [2.24, 2.45) is 0 Å². The van der Waals surface area contributed by atoms with Crippen LogP contribution in [0.2, 0.25) is 0 Å². The Hall–Kier alpha value is -3.23. The minimum Gasteiger partial charge on any atom is -0.477 e. The number of likely N-dealkylation sites (N-methyl/N-ethyl adjacent to an activating group) is 1. The Morgan fingerprint density at radius 2 is 0.964 bits per heavy atom. The lowest BCUT2D eigenvalue weighted by Gasteiger charge is -2.31. The first-order valence-corrected chi connectivity index (χ1v) is 21.5. The molecular weight excluding hydrogens is 691 g/mol. The summed E-state index contributed by atoms with van der Waals surface area (Å²) < 4.78 is 17.2. The molecule has 0 amide bonds. The molecule has 0 aliphatic heterocycles. The molecule has 0 aliphatic carbocycles. The molecule has 1 N–H and O–H groups in total. The highest BCUT2D eigenvalue weighted by molar-refractivity contribution is 5.72. The molecular formula is C47H80NO7+. The number of rotatable bonds is 37. The predicted octanol–water partition coefficient (Wildman–Crippen LogP) is 11.6. The zero-order chi connectivity index (χ0) is 40.7. The molecule has 0 radical (unpaired) electrons. The zero-order valence-corrected chi connectivity index (χ0v) is 35.6. The molecule has 8 heteroatoms. The number of ether oxygens (including phenoxy) is 3. The van der Waals surface area contributed by atoms with E-state index in [-0.39, 0.29) is 36.2 Å². The van der Waals surface area contributed by atoms with Gasteiger partial charge in [0.2, 0.25) is 0 Å². The average molecular weight is 771 g/mol. The summed E-state index contributed by atoms with van der Waals surface area (Å²) in [6.45, 7) is 4.44. The number of carbonyl (C=O) groups excluding carboxylic acids is 2. The SMILES string of the molecule is CC/C=C/C/C=C/C/C=C/C/C=C/CCCCCCCCCCCC(=O)OC(COCCC(C(=O)O)[N+](C)(C)C)COC(=O)CCCC/C=C/C/C=C/CC. The van der Waals surface area contributed by atoms with Crippen molar-refractivity contribution in [3.05, 3.63) is 72.9 Å². The van der Waals surface area contributed by atoms with Gasteiger partial charge in [0.15, 0.2) is 12.1 Å². The zero-order valence-electron chi connectivity index (χ0n) is 35.6. The second-order valence-electron chi connectivity index (χ2n) is 15.2. The van der Waals surface area contributed by atoms with Crippen LogP contribution in [0.25, 0.3) is 0 Å². The molecule has 0 spiro atoms. The van der Waals surface area contributed by atoms with E-state index in [1.807, 2.05) is 21.1 Å². The van der Waals surface area contributed by atoms with Gasteiger partial charge in [-0.1, -0.05) is 132 Å². The summed E-state index contributed by atoms with van der Waals surface area (Å²) in [5.74, 6) is -1.53. The number of carboxylic acids is 1. The second kappa shape index (κ2) is 37.7. The quantitative estimate of drug-likeness (QED) is 0.0291. The van der Waals surface area contributed by atoms with Gasteiger partial charge in [0.05, 0.1) is 34.4 Å².